The summed E-state index contributed by atoms with van der Waals surface area (Å²) in [4.78, 5) is 16.9. The van der Waals surface area contributed by atoms with Crippen molar-refractivity contribution in [2.75, 3.05) is 11.4 Å². The van der Waals surface area contributed by atoms with Gasteiger partial charge >= 0.3 is 0 Å². The fourth-order valence-electron chi connectivity index (χ4n) is 3.30. The summed E-state index contributed by atoms with van der Waals surface area (Å²) >= 11 is 14.5. The second kappa shape index (κ2) is 11.9. The molecule has 0 radical (unpaired) electrons. The average Bonchev–Trinajstić information content (AvgIpc) is 3.10. The van der Waals surface area contributed by atoms with Crippen molar-refractivity contribution in [1.82, 2.24) is 4.98 Å². The van der Waals surface area contributed by atoms with Crippen molar-refractivity contribution < 1.29 is 0 Å². The van der Waals surface area contributed by atoms with E-state index in [2.05, 4.69) is 59.8 Å². The summed E-state index contributed by atoms with van der Waals surface area (Å²) in [6.07, 6.45) is 12.0. The van der Waals surface area contributed by atoms with Crippen LogP contribution in [0.15, 0.2) is 83.2 Å². The van der Waals surface area contributed by atoms with Gasteiger partial charge in [-0.2, -0.15) is 0 Å². The molecule has 3 nitrogen and oxygen atoms in total. The number of hydrogen-bond acceptors (Lipinski definition) is 3. The molecule has 6 heteroatoms. The number of halogens is 2. The number of anilines is 1. The molecule has 2 aromatic carbocycles. The van der Waals surface area contributed by atoms with Gasteiger partial charge in [-0.05, 0) is 37.6 Å². The van der Waals surface area contributed by atoms with Crippen LogP contribution >= 0.6 is 34.5 Å². The SMILES string of the molecule is C=c1[nH]c(=O)/c(=C/c2c(Cl)cc(N(C/C=C/C=C(C)\C=C/C)Cc3ccccc3)cc2Cl)s1. The number of allylic oxidation sites excluding steroid dienone is 5. The van der Waals surface area contributed by atoms with E-state index in [9.17, 15) is 4.79 Å². The number of thiazole rings is 1. The molecule has 0 bridgehead atoms. The summed E-state index contributed by atoms with van der Waals surface area (Å²) in [5, 5.41) is 0.976. The standard InChI is InChI=1S/C27H26Cl2N2OS/c1-4-10-19(2)11-8-9-14-31(18-21-12-6-5-7-13-21)22-15-24(28)23(25(29)16-22)17-26-27(32)30-20(3)33-26/h4-13,15-17H,3,14,18H2,1-2H3,(H,30,32)/b9-8+,10-4-,19-11-,26-17-. The molecule has 33 heavy (non-hydrogen) atoms. The Labute approximate surface area is 208 Å². The highest BCUT2D eigenvalue weighted by molar-refractivity contribution is 7.07. The molecule has 0 aliphatic rings. The normalized spacial score (nSPS) is 12.8. The highest BCUT2D eigenvalue weighted by Crippen LogP contribution is 2.32. The molecule has 1 aromatic heterocycles. The zero-order chi connectivity index (χ0) is 23.8. The number of hydrogen-bond donors (Lipinski definition) is 1. The van der Waals surface area contributed by atoms with E-state index in [0.717, 1.165) is 5.69 Å². The Kier molecular flexibility index (Phi) is 8.95. The number of benzene rings is 2. The van der Waals surface area contributed by atoms with Gasteiger partial charge in [-0.15, -0.1) is 11.3 Å². The van der Waals surface area contributed by atoms with Crippen LogP contribution in [0, 0.1) is 0 Å². The summed E-state index contributed by atoms with van der Waals surface area (Å²) < 4.78 is 1.11. The molecule has 0 fully saturated rings. The van der Waals surface area contributed by atoms with Gasteiger partial charge in [0, 0.05) is 24.3 Å². The van der Waals surface area contributed by atoms with Gasteiger partial charge in [0.2, 0.25) is 0 Å². The molecule has 0 unspecified atom stereocenters. The molecule has 170 valence electrons. The van der Waals surface area contributed by atoms with Gasteiger partial charge in [0.15, 0.2) is 0 Å². The first kappa shape index (κ1) is 24.8. The average molecular weight is 497 g/mol. The van der Waals surface area contributed by atoms with Crippen molar-refractivity contribution in [1.29, 1.82) is 0 Å². The minimum absolute atomic E-state index is 0.196. The Morgan fingerprint density at radius 2 is 1.88 bits per heavy atom. The number of nitrogens with one attached hydrogen (secondary N) is 1. The van der Waals surface area contributed by atoms with Crippen LogP contribution < -0.4 is 19.7 Å². The second-order valence-corrected chi connectivity index (χ2v) is 9.47. The molecule has 0 spiro atoms. The predicted molar refractivity (Wildman–Crippen MR) is 145 cm³/mol. The third-order valence-electron chi connectivity index (χ3n) is 4.88. The van der Waals surface area contributed by atoms with Crippen LogP contribution in [-0.2, 0) is 6.54 Å². The fraction of sp³-hybridized carbons (Fsp3) is 0.148. The number of H-pyrrole nitrogens is 1. The molecule has 3 aromatic rings. The molecule has 0 aliphatic heterocycles. The molecule has 0 atom stereocenters. The lowest BCUT2D eigenvalue weighted by Gasteiger charge is -2.24. The summed E-state index contributed by atoms with van der Waals surface area (Å²) in [5.74, 6) is 0. The number of aromatic amines is 1. The molecular weight excluding hydrogens is 471 g/mol. The topological polar surface area (TPSA) is 36.1 Å². The Balaban J connectivity index is 1.95. The minimum Gasteiger partial charge on any atom is -0.363 e. The molecule has 0 saturated heterocycles. The molecule has 1 N–H and O–H groups in total. The summed E-state index contributed by atoms with van der Waals surface area (Å²) in [7, 11) is 0. The maximum Gasteiger partial charge on any atom is 0.266 e. The van der Waals surface area contributed by atoms with Crippen molar-refractivity contribution in [2.24, 2.45) is 0 Å². The van der Waals surface area contributed by atoms with Crippen LogP contribution in [-0.4, -0.2) is 11.5 Å². The minimum atomic E-state index is -0.196. The monoisotopic (exact) mass is 496 g/mol. The van der Waals surface area contributed by atoms with Crippen LogP contribution in [0.5, 0.6) is 0 Å². The lowest BCUT2D eigenvalue weighted by molar-refractivity contribution is 0.867. The van der Waals surface area contributed by atoms with E-state index in [-0.39, 0.29) is 5.56 Å². The van der Waals surface area contributed by atoms with Gasteiger partial charge in [0.25, 0.3) is 5.56 Å². The van der Waals surface area contributed by atoms with Crippen LogP contribution in [0.25, 0.3) is 12.7 Å². The first-order valence-corrected chi connectivity index (χ1v) is 12.1. The Hall–Kier alpha value is -2.79. The van der Waals surface area contributed by atoms with Crippen molar-refractivity contribution >= 4 is 52.9 Å². The summed E-state index contributed by atoms with van der Waals surface area (Å²) in [6.45, 7) is 9.23. The van der Waals surface area contributed by atoms with E-state index in [1.165, 1.54) is 22.5 Å². The molecule has 0 aliphatic carbocycles. The van der Waals surface area contributed by atoms with Crippen molar-refractivity contribution in [2.45, 2.75) is 20.4 Å². The molecular formula is C27H26Cl2N2OS. The third-order valence-corrected chi connectivity index (χ3v) is 6.38. The quantitative estimate of drug-likeness (QED) is 0.384. The van der Waals surface area contributed by atoms with Crippen LogP contribution in [0.1, 0.15) is 25.0 Å². The molecule has 1 heterocycles. The Bertz CT molecular complexity index is 1330. The lowest BCUT2D eigenvalue weighted by Crippen LogP contribution is -2.23. The predicted octanol–water partition coefficient (Wildman–Crippen LogP) is 6.07. The zero-order valence-corrected chi connectivity index (χ0v) is 21.0. The van der Waals surface area contributed by atoms with E-state index < -0.39 is 0 Å². The largest absolute Gasteiger partial charge is 0.363 e. The van der Waals surface area contributed by atoms with Crippen LogP contribution in [0.3, 0.4) is 0 Å². The van der Waals surface area contributed by atoms with Gasteiger partial charge in [0.1, 0.15) is 0 Å². The van der Waals surface area contributed by atoms with Gasteiger partial charge in [0.05, 0.1) is 19.2 Å². The van der Waals surface area contributed by atoms with Gasteiger partial charge < -0.3 is 9.88 Å². The maximum atomic E-state index is 12.1. The van der Waals surface area contributed by atoms with Crippen LogP contribution in [0.2, 0.25) is 10.0 Å². The van der Waals surface area contributed by atoms with E-state index in [0.29, 0.717) is 37.9 Å². The smallest absolute Gasteiger partial charge is 0.266 e. The van der Waals surface area contributed by atoms with Gasteiger partial charge in [-0.1, -0.05) is 96.1 Å². The molecule has 0 saturated carbocycles. The lowest BCUT2D eigenvalue weighted by atomic mass is 10.1. The van der Waals surface area contributed by atoms with Crippen molar-refractivity contribution in [3.05, 3.63) is 119 Å². The summed E-state index contributed by atoms with van der Waals surface area (Å²) in [5.41, 5.74) is 3.70. The summed E-state index contributed by atoms with van der Waals surface area (Å²) in [6, 6.07) is 14.0. The number of aromatic nitrogens is 1. The highest BCUT2D eigenvalue weighted by atomic mass is 35.5. The zero-order valence-electron chi connectivity index (χ0n) is 18.6. The van der Waals surface area contributed by atoms with E-state index in [4.69, 9.17) is 23.2 Å². The molecule has 3 rings (SSSR count). The Morgan fingerprint density at radius 1 is 1.18 bits per heavy atom. The maximum absolute atomic E-state index is 12.1. The van der Waals surface area contributed by atoms with E-state index in [1.54, 1.807) is 6.08 Å². The van der Waals surface area contributed by atoms with Gasteiger partial charge in [-0.3, -0.25) is 4.79 Å². The fourth-order valence-corrected chi connectivity index (χ4v) is 4.62. The highest BCUT2D eigenvalue weighted by Gasteiger charge is 2.12. The first-order chi connectivity index (χ1) is 15.9. The van der Waals surface area contributed by atoms with Crippen molar-refractivity contribution in [3.8, 4) is 0 Å². The number of rotatable bonds is 8. The van der Waals surface area contributed by atoms with Gasteiger partial charge in [-0.25, -0.2) is 0 Å². The van der Waals surface area contributed by atoms with E-state index >= 15 is 0 Å². The third kappa shape index (κ3) is 7.10. The van der Waals surface area contributed by atoms with E-state index in [1.807, 2.05) is 43.3 Å². The first-order valence-electron chi connectivity index (χ1n) is 10.5. The Morgan fingerprint density at radius 3 is 2.48 bits per heavy atom. The number of nitrogens with zero attached hydrogens (tertiary/aromatic N) is 1. The van der Waals surface area contributed by atoms with Crippen molar-refractivity contribution in [3.63, 3.8) is 0 Å². The molecule has 0 amide bonds. The second-order valence-electron chi connectivity index (χ2n) is 7.52. The van der Waals surface area contributed by atoms with Crippen LogP contribution in [0.4, 0.5) is 5.69 Å².